The molecule has 1 aromatic carbocycles. The molecule has 0 aliphatic heterocycles. The smallest absolute Gasteiger partial charge is 0.156 e. The van der Waals surface area contributed by atoms with Gasteiger partial charge in [-0.1, -0.05) is 31.2 Å². The zero-order chi connectivity index (χ0) is 12.1. The van der Waals surface area contributed by atoms with Crippen molar-refractivity contribution in [2.75, 3.05) is 11.9 Å². The van der Waals surface area contributed by atoms with Gasteiger partial charge in [-0.3, -0.25) is 0 Å². The Morgan fingerprint density at radius 3 is 2.94 bits per heavy atom. The molecule has 2 aromatic rings. The van der Waals surface area contributed by atoms with Gasteiger partial charge in [-0.15, -0.1) is 5.10 Å². The lowest BCUT2D eigenvalue weighted by molar-refractivity contribution is 0.639. The number of nitrogens with two attached hydrogens (primary N) is 1. The molecule has 90 valence electrons. The number of rotatable bonds is 5. The van der Waals surface area contributed by atoms with Crippen molar-refractivity contribution < 1.29 is 0 Å². The molecule has 2 rings (SSSR count). The predicted octanol–water partition coefficient (Wildman–Crippen LogP) is 2.17. The maximum Gasteiger partial charge on any atom is 0.156 e. The lowest BCUT2D eigenvalue weighted by Gasteiger charge is -2.17. The second kappa shape index (κ2) is 5.59. The normalized spacial score (nSPS) is 12.6. The molecule has 17 heavy (non-hydrogen) atoms. The van der Waals surface area contributed by atoms with E-state index in [-0.39, 0.29) is 0 Å². The number of nitrogens with one attached hydrogen (secondary N) is 1. The summed E-state index contributed by atoms with van der Waals surface area (Å²) in [5, 5.41) is 13.8. The molecule has 1 unspecified atom stereocenters. The molecule has 0 radical (unpaired) electrons. The number of nitrogens with zero attached hydrogens (tertiary/aromatic N) is 2. The molecule has 1 atom stereocenters. The Hall–Kier alpha value is -1.68. The van der Waals surface area contributed by atoms with E-state index in [0.717, 1.165) is 29.4 Å². The fourth-order valence-electron chi connectivity index (χ4n) is 1.91. The maximum atomic E-state index is 5.60. The summed E-state index contributed by atoms with van der Waals surface area (Å²) >= 11 is 0. The highest BCUT2D eigenvalue weighted by Gasteiger charge is 2.08. The summed E-state index contributed by atoms with van der Waals surface area (Å²) in [5.74, 6) is 0.850. The molecule has 3 N–H and O–H groups in total. The van der Waals surface area contributed by atoms with Crippen LogP contribution < -0.4 is 11.1 Å². The summed E-state index contributed by atoms with van der Waals surface area (Å²) in [6.07, 6.45) is 3.76. The van der Waals surface area contributed by atoms with Gasteiger partial charge in [-0.25, -0.2) is 0 Å². The van der Waals surface area contributed by atoms with Crippen molar-refractivity contribution in [1.82, 2.24) is 10.2 Å². The van der Waals surface area contributed by atoms with Crippen LogP contribution in [0, 0.1) is 0 Å². The van der Waals surface area contributed by atoms with E-state index in [9.17, 15) is 0 Å². The van der Waals surface area contributed by atoms with Gasteiger partial charge in [0.1, 0.15) is 0 Å². The summed E-state index contributed by atoms with van der Waals surface area (Å²) in [6.45, 7) is 2.83. The Morgan fingerprint density at radius 2 is 2.18 bits per heavy atom. The fraction of sp³-hybridized carbons (Fsp3) is 0.385. The van der Waals surface area contributed by atoms with Gasteiger partial charge in [0.05, 0.1) is 6.20 Å². The van der Waals surface area contributed by atoms with E-state index in [1.165, 1.54) is 0 Å². The zero-order valence-corrected chi connectivity index (χ0v) is 10.1. The number of anilines is 1. The van der Waals surface area contributed by atoms with Crippen molar-refractivity contribution in [3.05, 3.63) is 30.5 Å². The maximum absolute atomic E-state index is 5.60. The molecule has 4 nitrogen and oxygen atoms in total. The minimum Gasteiger partial charge on any atom is -0.365 e. The van der Waals surface area contributed by atoms with Gasteiger partial charge in [0.15, 0.2) is 5.82 Å². The van der Waals surface area contributed by atoms with E-state index in [1.54, 1.807) is 6.20 Å². The summed E-state index contributed by atoms with van der Waals surface area (Å²) in [5.41, 5.74) is 5.60. The minimum atomic E-state index is 0.361. The van der Waals surface area contributed by atoms with E-state index in [4.69, 9.17) is 5.73 Å². The highest BCUT2D eigenvalue weighted by molar-refractivity contribution is 5.90. The number of benzene rings is 1. The van der Waals surface area contributed by atoms with Crippen LogP contribution in [0.25, 0.3) is 10.8 Å². The Kier molecular flexibility index (Phi) is 3.88. The SMILES string of the molecule is CCC(CCN)Nc1nncc2ccccc12. The van der Waals surface area contributed by atoms with E-state index in [0.29, 0.717) is 12.6 Å². The summed E-state index contributed by atoms with van der Waals surface area (Å²) in [4.78, 5) is 0. The Morgan fingerprint density at radius 1 is 1.35 bits per heavy atom. The predicted molar refractivity (Wildman–Crippen MR) is 70.9 cm³/mol. The third-order valence-corrected chi connectivity index (χ3v) is 2.92. The molecule has 1 heterocycles. The van der Waals surface area contributed by atoms with Crippen molar-refractivity contribution in [3.8, 4) is 0 Å². The Balaban J connectivity index is 2.28. The summed E-state index contributed by atoms with van der Waals surface area (Å²) in [6, 6.07) is 8.48. The molecule has 0 aliphatic carbocycles. The lowest BCUT2D eigenvalue weighted by atomic mass is 10.1. The third-order valence-electron chi connectivity index (χ3n) is 2.92. The second-order valence-corrected chi connectivity index (χ2v) is 4.11. The van der Waals surface area contributed by atoms with E-state index < -0.39 is 0 Å². The molecule has 0 aliphatic rings. The molecule has 0 fully saturated rings. The standard InChI is InChI=1S/C13H18N4/c1-2-11(7-8-14)16-13-12-6-4-3-5-10(12)9-15-17-13/h3-6,9,11H,2,7-8,14H2,1H3,(H,16,17). The van der Waals surface area contributed by atoms with Gasteiger partial charge in [0, 0.05) is 16.8 Å². The first-order chi connectivity index (χ1) is 8.35. The second-order valence-electron chi connectivity index (χ2n) is 4.11. The van der Waals surface area contributed by atoms with Crippen LogP contribution in [0.2, 0.25) is 0 Å². The number of hydrogen-bond acceptors (Lipinski definition) is 4. The van der Waals surface area contributed by atoms with Crippen molar-refractivity contribution in [2.45, 2.75) is 25.8 Å². The van der Waals surface area contributed by atoms with Crippen LogP contribution in [-0.2, 0) is 0 Å². The van der Waals surface area contributed by atoms with Crippen LogP contribution in [-0.4, -0.2) is 22.8 Å². The van der Waals surface area contributed by atoms with E-state index in [2.05, 4.69) is 28.5 Å². The average Bonchev–Trinajstić information content (AvgIpc) is 2.38. The van der Waals surface area contributed by atoms with Crippen LogP contribution in [0.5, 0.6) is 0 Å². The third kappa shape index (κ3) is 2.71. The first-order valence-electron chi connectivity index (χ1n) is 6.02. The van der Waals surface area contributed by atoms with E-state index in [1.807, 2.05) is 18.2 Å². The van der Waals surface area contributed by atoms with Gasteiger partial charge in [0.25, 0.3) is 0 Å². The largest absolute Gasteiger partial charge is 0.365 e. The van der Waals surface area contributed by atoms with Crippen molar-refractivity contribution in [3.63, 3.8) is 0 Å². The van der Waals surface area contributed by atoms with Crippen LogP contribution in [0.4, 0.5) is 5.82 Å². The molecule has 0 amide bonds. The summed E-state index contributed by atoms with van der Waals surface area (Å²) < 4.78 is 0. The van der Waals surface area contributed by atoms with Crippen molar-refractivity contribution >= 4 is 16.6 Å². The van der Waals surface area contributed by atoms with Crippen LogP contribution in [0.15, 0.2) is 30.5 Å². The topological polar surface area (TPSA) is 63.8 Å². The fourth-order valence-corrected chi connectivity index (χ4v) is 1.91. The Bertz CT molecular complexity index is 478. The minimum absolute atomic E-state index is 0.361. The number of aromatic nitrogens is 2. The van der Waals surface area contributed by atoms with Gasteiger partial charge in [-0.05, 0) is 19.4 Å². The number of hydrogen-bond donors (Lipinski definition) is 2. The molecule has 1 aromatic heterocycles. The van der Waals surface area contributed by atoms with Gasteiger partial charge < -0.3 is 11.1 Å². The molecular formula is C13H18N4. The van der Waals surface area contributed by atoms with Gasteiger partial charge in [-0.2, -0.15) is 5.10 Å². The van der Waals surface area contributed by atoms with E-state index >= 15 is 0 Å². The zero-order valence-electron chi connectivity index (χ0n) is 10.1. The molecule has 4 heteroatoms. The molecule has 0 spiro atoms. The molecule has 0 saturated carbocycles. The monoisotopic (exact) mass is 230 g/mol. The van der Waals surface area contributed by atoms with Crippen LogP contribution in [0.1, 0.15) is 19.8 Å². The summed E-state index contributed by atoms with van der Waals surface area (Å²) in [7, 11) is 0. The van der Waals surface area contributed by atoms with Crippen LogP contribution >= 0.6 is 0 Å². The molecule has 0 bridgehead atoms. The average molecular weight is 230 g/mol. The highest BCUT2D eigenvalue weighted by atomic mass is 15.2. The highest BCUT2D eigenvalue weighted by Crippen LogP contribution is 2.20. The number of fused-ring (bicyclic) bond motifs is 1. The van der Waals surface area contributed by atoms with Gasteiger partial charge >= 0.3 is 0 Å². The first-order valence-corrected chi connectivity index (χ1v) is 6.02. The quantitative estimate of drug-likeness (QED) is 0.826. The lowest BCUT2D eigenvalue weighted by Crippen LogP contribution is -2.23. The van der Waals surface area contributed by atoms with Gasteiger partial charge in [0.2, 0.25) is 0 Å². The molecule has 0 saturated heterocycles. The molecular weight excluding hydrogens is 212 g/mol. The van der Waals surface area contributed by atoms with Crippen molar-refractivity contribution in [1.29, 1.82) is 0 Å². The van der Waals surface area contributed by atoms with Crippen molar-refractivity contribution in [2.24, 2.45) is 5.73 Å². The Labute approximate surface area is 101 Å². The van der Waals surface area contributed by atoms with Crippen LogP contribution in [0.3, 0.4) is 0 Å². The first kappa shape index (κ1) is 11.8.